The van der Waals surface area contributed by atoms with Gasteiger partial charge in [-0.25, -0.2) is 13.4 Å². The maximum absolute atomic E-state index is 13.0. The zero-order valence-electron chi connectivity index (χ0n) is 13.0. The summed E-state index contributed by atoms with van der Waals surface area (Å²) in [4.78, 5) is 3.79. The third-order valence-corrected chi connectivity index (χ3v) is 6.47. The summed E-state index contributed by atoms with van der Waals surface area (Å²) in [7, 11) is -3.77. The van der Waals surface area contributed by atoms with Crippen LogP contribution in [0.2, 0.25) is 5.02 Å². The molecule has 8 heteroatoms. The minimum atomic E-state index is -3.77. The van der Waals surface area contributed by atoms with Gasteiger partial charge in [0.2, 0.25) is 10.0 Å². The zero-order chi connectivity index (χ0) is 17.3. The molecule has 0 radical (unpaired) electrons. The lowest BCUT2D eigenvalue weighted by Crippen LogP contribution is -2.30. The van der Waals surface area contributed by atoms with Crippen LogP contribution < -0.4 is 11.5 Å². The number of hydrogen-bond acceptors (Lipinski definition) is 5. The monoisotopic (exact) mass is 366 g/mol. The Kier molecular flexibility index (Phi) is 4.78. The highest BCUT2D eigenvalue weighted by molar-refractivity contribution is 7.89. The maximum Gasteiger partial charge on any atom is 0.246 e. The summed E-state index contributed by atoms with van der Waals surface area (Å²) in [6.45, 7) is 1.12. The van der Waals surface area contributed by atoms with Crippen molar-refractivity contribution in [2.45, 2.75) is 10.8 Å². The Bertz CT molecular complexity index is 829. The molecule has 1 aliphatic rings. The Hall–Kier alpha value is -1.67. The van der Waals surface area contributed by atoms with Crippen LogP contribution in [0.4, 0.5) is 5.82 Å². The number of anilines is 1. The van der Waals surface area contributed by atoms with Gasteiger partial charge in [0.1, 0.15) is 10.7 Å². The Morgan fingerprint density at radius 2 is 1.96 bits per heavy atom. The number of hydrogen-bond donors (Lipinski definition) is 2. The number of aromatic nitrogens is 1. The number of nitrogen functional groups attached to an aromatic ring is 1. The molecule has 0 aliphatic carbocycles. The quantitative estimate of drug-likeness (QED) is 0.857. The fourth-order valence-electron chi connectivity index (χ4n) is 3.12. The van der Waals surface area contributed by atoms with Gasteiger partial charge in [-0.15, -0.1) is 0 Å². The highest BCUT2D eigenvalue weighted by atomic mass is 35.5. The van der Waals surface area contributed by atoms with E-state index in [1.165, 1.54) is 16.6 Å². The van der Waals surface area contributed by atoms with Crippen molar-refractivity contribution in [3.8, 4) is 0 Å². The lowest BCUT2D eigenvalue weighted by Gasteiger charge is -2.17. The molecule has 0 amide bonds. The molecule has 24 heavy (non-hydrogen) atoms. The van der Waals surface area contributed by atoms with Gasteiger partial charge in [-0.05, 0) is 24.1 Å². The van der Waals surface area contributed by atoms with E-state index in [4.69, 9.17) is 23.1 Å². The summed E-state index contributed by atoms with van der Waals surface area (Å²) in [6.07, 6.45) is 1.33. The van der Waals surface area contributed by atoms with E-state index in [1.807, 2.05) is 30.3 Å². The summed E-state index contributed by atoms with van der Waals surface area (Å²) in [6, 6.07) is 11.2. The molecule has 1 saturated heterocycles. The smallest absolute Gasteiger partial charge is 0.246 e. The van der Waals surface area contributed by atoms with Crippen molar-refractivity contribution in [2.24, 2.45) is 11.7 Å². The van der Waals surface area contributed by atoms with Crippen LogP contribution in [0, 0.1) is 5.92 Å². The van der Waals surface area contributed by atoms with E-state index in [-0.39, 0.29) is 27.6 Å². The average molecular weight is 367 g/mol. The van der Waals surface area contributed by atoms with Crippen molar-refractivity contribution in [3.05, 3.63) is 53.2 Å². The van der Waals surface area contributed by atoms with Gasteiger partial charge in [0.05, 0.1) is 5.02 Å². The third kappa shape index (κ3) is 3.12. The second kappa shape index (κ2) is 6.68. The molecular formula is C16H19ClN4O2S. The predicted molar refractivity (Wildman–Crippen MR) is 94.1 cm³/mol. The second-order valence-electron chi connectivity index (χ2n) is 5.87. The topological polar surface area (TPSA) is 102 Å². The molecule has 3 rings (SSSR count). The summed E-state index contributed by atoms with van der Waals surface area (Å²) >= 11 is 5.89. The van der Waals surface area contributed by atoms with Gasteiger partial charge >= 0.3 is 0 Å². The van der Waals surface area contributed by atoms with Crippen molar-refractivity contribution < 1.29 is 8.42 Å². The standard InChI is InChI=1S/C16H19ClN4O2S/c17-13-6-15(16(19)20-8-13)24(22,23)21-9-12(7-18)14(10-21)11-4-2-1-3-5-11/h1-6,8,12,14H,7,9-10,18H2,(H2,19,20)/t12-,14+/m1/s1. The van der Waals surface area contributed by atoms with Crippen molar-refractivity contribution in [1.29, 1.82) is 0 Å². The lowest BCUT2D eigenvalue weighted by molar-refractivity contribution is 0.459. The van der Waals surface area contributed by atoms with E-state index in [9.17, 15) is 8.42 Å². The van der Waals surface area contributed by atoms with Gasteiger partial charge in [0.25, 0.3) is 0 Å². The molecule has 0 unspecified atom stereocenters. The molecule has 0 spiro atoms. The first-order chi connectivity index (χ1) is 11.4. The van der Waals surface area contributed by atoms with Gasteiger partial charge < -0.3 is 11.5 Å². The Morgan fingerprint density at radius 1 is 1.25 bits per heavy atom. The number of nitrogens with two attached hydrogens (primary N) is 2. The van der Waals surface area contributed by atoms with Crippen LogP contribution in [-0.2, 0) is 10.0 Å². The number of sulfonamides is 1. The van der Waals surface area contributed by atoms with Crippen LogP contribution in [0.5, 0.6) is 0 Å². The summed E-state index contributed by atoms with van der Waals surface area (Å²) in [5.41, 5.74) is 12.7. The Labute approximate surface area is 146 Å². The van der Waals surface area contributed by atoms with E-state index in [2.05, 4.69) is 4.98 Å². The van der Waals surface area contributed by atoms with Gasteiger partial charge in [0.15, 0.2) is 0 Å². The largest absolute Gasteiger partial charge is 0.383 e. The van der Waals surface area contributed by atoms with Gasteiger partial charge in [-0.3, -0.25) is 0 Å². The fraction of sp³-hybridized carbons (Fsp3) is 0.312. The number of rotatable bonds is 4. The summed E-state index contributed by atoms with van der Waals surface area (Å²) in [5, 5.41) is 0.233. The van der Waals surface area contributed by atoms with E-state index in [1.54, 1.807) is 0 Å². The van der Waals surface area contributed by atoms with Crippen LogP contribution in [-0.4, -0.2) is 37.3 Å². The van der Waals surface area contributed by atoms with Crippen LogP contribution >= 0.6 is 11.6 Å². The van der Waals surface area contributed by atoms with Crippen LogP contribution in [0.15, 0.2) is 47.5 Å². The van der Waals surface area contributed by atoms with Gasteiger partial charge in [0, 0.05) is 25.2 Å². The zero-order valence-corrected chi connectivity index (χ0v) is 14.5. The van der Waals surface area contributed by atoms with E-state index < -0.39 is 10.0 Å². The molecular weight excluding hydrogens is 348 g/mol. The van der Waals surface area contributed by atoms with Crippen molar-refractivity contribution in [3.63, 3.8) is 0 Å². The molecule has 2 aromatic rings. The van der Waals surface area contributed by atoms with E-state index in [0.29, 0.717) is 19.6 Å². The Balaban J connectivity index is 1.94. The first kappa shape index (κ1) is 17.2. The minimum absolute atomic E-state index is 0.0492. The highest BCUT2D eigenvalue weighted by Crippen LogP contribution is 2.36. The molecule has 0 saturated carbocycles. The molecule has 4 N–H and O–H groups in total. The van der Waals surface area contributed by atoms with Crippen LogP contribution in [0.3, 0.4) is 0 Å². The average Bonchev–Trinajstić information content (AvgIpc) is 3.03. The van der Waals surface area contributed by atoms with Crippen LogP contribution in [0.25, 0.3) is 0 Å². The molecule has 1 aromatic heterocycles. The van der Waals surface area contributed by atoms with Crippen molar-refractivity contribution >= 4 is 27.4 Å². The first-order valence-corrected chi connectivity index (χ1v) is 9.41. The van der Waals surface area contributed by atoms with Crippen LogP contribution in [0.1, 0.15) is 11.5 Å². The molecule has 0 bridgehead atoms. The van der Waals surface area contributed by atoms with Gasteiger partial charge in [-0.1, -0.05) is 41.9 Å². The fourth-order valence-corrected chi connectivity index (χ4v) is 4.96. The molecule has 128 valence electrons. The third-order valence-electron chi connectivity index (χ3n) is 4.40. The number of halogens is 1. The first-order valence-electron chi connectivity index (χ1n) is 7.59. The molecule has 6 nitrogen and oxygen atoms in total. The molecule has 1 aromatic carbocycles. The SMILES string of the molecule is NC[C@@H]1CN(S(=O)(=O)c2cc(Cl)cnc2N)C[C@H]1c1ccccc1. The lowest BCUT2D eigenvalue weighted by atomic mass is 9.89. The van der Waals surface area contributed by atoms with E-state index in [0.717, 1.165) is 5.56 Å². The summed E-state index contributed by atoms with van der Waals surface area (Å²) in [5.74, 6) is 0.0572. The number of nitrogens with zero attached hydrogens (tertiary/aromatic N) is 2. The molecule has 1 aliphatic heterocycles. The molecule has 2 atom stereocenters. The summed E-state index contributed by atoms with van der Waals surface area (Å²) < 4.78 is 27.3. The normalized spacial score (nSPS) is 21.9. The maximum atomic E-state index is 13.0. The second-order valence-corrected chi connectivity index (χ2v) is 8.21. The van der Waals surface area contributed by atoms with Gasteiger partial charge in [-0.2, -0.15) is 4.31 Å². The minimum Gasteiger partial charge on any atom is -0.383 e. The van der Waals surface area contributed by atoms with Crippen molar-refractivity contribution in [1.82, 2.24) is 9.29 Å². The van der Waals surface area contributed by atoms with E-state index >= 15 is 0 Å². The number of benzene rings is 1. The highest BCUT2D eigenvalue weighted by Gasteiger charge is 2.40. The molecule has 2 heterocycles. The predicted octanol–water partition coefficient (Wildman–Crippen LogP) is 1.68. The number of pyridine rings is 1. The Morgan fingerprint density at radius 3 is 2.62 bits per heavy atom. The van der Waals surface area contributed by atoms with Crippen molar-refractivity contribution in [2.75, 3.05) is 25.4 Å². The molecule has 1 fully saturated rings.